The first-order chi connectivity index (χ1) is 27.3. The highest BCUT2D eigenvalue weighted by Crippen LogP contribution is 2.47. The summed E-state index contributed by atoms with van der Waals surface area (Å²) in [6.07, 6.45) is 0. The van der Waals surface area contributed by atoms with E-state index >= 15 is 0 Å². The van der Waals surface area contributed by atoms with E-state index in [0.717, 1.165) is 22.1 Å². The van der Waals surface area contributed by atoms with Crippen molar-refractivity contribution in [2.75, 3.05) is 0 Å². The van der Waals surface area contributed by atoms with E-state index in [-0.39, 0.29) is 0 Å². The maximum Gasteiger partial charge on any atom is 0.164 e. The minimum Gasteiger partial charge on any atom is -0.208 e. The second-order valence-corrected chi connectivity index (χ2v) is 14.6. The van der Waals surface area contributed by atoms with Crippen LogP contribution in [0.4, 0.5) is 0 Å². The van der Waals surface area contributed by atoms with Gasteiger partial charge in [0.25, 0.3) is 0 Å². The van der Waals surface area contributed by atoms with Crippen LogP contribution in [0.1, 0.15) is 0 Å². The van der Waals surface area contributed by atoms with Crippen molar-refractivity contribution in [2.24, 2.45) is 0 Å². The molecule has 2 heterocycles. The predicted molar refractivity (Wildman–Crippen MR) is 231 cm³/mol. The zero-order chi connectivity index (χ0) is 36.6. The summed E-state index contributed by atoms with van der Waals surface area (Å²) in [5.41, 5.74) is 12.5. The van der Waals surface area contributed by atoms with Gasteiger partial charge in [-0.15, -0.1) is 11.3 Å². The van der Waals surface area contributed by atoms with Crippen LogP contribution < -0.4 is 0 Å². The van der Waals surface area contributed by atoms with Gasteiger partial charge in [-0.25, -0.2) is 15.0 Å². The van der Waals surface area contributed by atoms with Gasteiger partial charge in [0.15, 0.2) is 17.5 Å². The fourth-order valence-electron chi connectivity index (χ4n) is 7.42. The van der Waals surface area contributed by atoms with Crippen molar-refractivity contribution in [1.82, 2.24) is 15.0 Å². The second-order valence-electron chi connectivity index (χ2n) is 13.6. The van der Waals surface area contributed by atoms with E-state index in [1.54, 1.807) is 0 Å². The smallest absolute Gasteiger partial charge is 0.164 e. The van der Waals surface area contributed by atoms with Gasteiger partial charge >= 0.3 is 0 Å². The zero-order valence-corrected chi connectivity index (χ0v) is 30.6. The van der Waals surface area contributed by atoms with Crippen LogP contribution in [0.25, 0.3) is 98.8 Å². The summed E-state index contributed by atoms with van der Waals surface area (Å²) < 4.78 is 2.44. The number of aromatic nitrogens is 3. The molecule has 0 spiro atoms. The molecule has 0 bridgehead atoms. The third-order valence-corrected chi connectivity index (χ3v) is 11.5. The fourth-order valence-corrected chi connectivity index (χ4v) is 8.82. The molecule has 10 aromatic rings. The molecule has 0 aliphatic heterocycles. The Balaban J connectivity index is 1.20. The van der Waals surface area contributed by atoms with Gasteiger partial charge in [0, 0.05) is 36.9 Å². The predicted octanol–water partition coefficient (Wildman–Crippen LogP) is 13.9. The molecule has 0 unspecified atom stereocenters. The van der Waals surface area contributed by atoms with E-state index in [1.165, 1.54) is 59.3 Å². The highest BCUT2D eigenvalue weighted by Gasteiger charge is 2.21. The lowest BCUT2D eigenvalue weighted by Crippen LogP contribution is -2.00. The monoisotopic (exact) mass is 719 g/mol. The Morgan fingerprint density at radius 3 is 1.13 bits per heavy atom. The van der Waals surface area contributed by atoms with E-state index < -0.39 is 0 Å². The second kappa shape index (κ2) is 14.1. The average Bonchev–Trinajstić information content (AvgIpc) is 3.67. The lowest BCUT2D eigenvalue weighted by molar-refractivity contribution is 1.08. The molecule has 0 atom stereocenters. The maximum absolute atomic E-state index is 5.19. The summed E-state index contributed by atoms with van der Waals surface area (Å²) >= 11 is 1.84. The largest absolute Gasteiger partial charge is 0.208 e. The van der Waals surface area contributed by atoms with Gasteiger partial charge in [0.1, 0.15) is 0 Å². The van der Waals surface area contributed by atoms with E-state index in [9.17, 15) is 0 Å². The maximum atomic E-state index is 5.19. The van der Waals surface area contributed by atoms with Crippen LogP contribution in [0.3, 0.4) is 0 Å². The summed E-state index contributed by atoms with van der Waals surface area (Å²) in [6.45, 7) is 0. The number of hydrogen-bond donors (Lipinski definition) is 0. The van der Waals surface area contributed by atoms with Gasteiger partial charge in [0.2, 0.25) is 0 Å². The van der Waals surface area contributed by atoms with Crippen LogP contribution in [-0.2, 0) is 0 Å². The Bertz CT molecular complexity index is 2870. The highest BCUT2D eigenvalue weighted by atomic mass is 32.1. The lowest BCUT2D eigenvalue weighted by Gasteiger charge is -2.12. The molecule has 0 N–H and O–H groups in total. The highest BCUT2D eigenvalue weighted by molar-refractivity contribution is 7.27. The SMILES string of the molecule is c1ccc(-c2ccc(-c3cccc4c3sc3c(-c5ccc(-c6ccccc6)cc5)ccc(-c5nc(-c6ccccc6)nc(-c6ccccc6)n5)c34)cc2)cc1. The Morgan fingerprint density at radius 2 is 0.636 bits per heavy atom. The molecule has 2 aromatic heterocycles. The van der Waals surface area contributed by atoms with Gasteiger partial charge in [-0.05, 0) is 50.6 Å². The Morgan fingerprint density at radius 1 is 0.255 bits per heavy atom. The minimum absolute atomic E-state index is 0.650. The summed E-state index contributed by atoms with van der Waals surface area (Å²) in [5.74, 6) is 1.95. The van der Waals surface area contributed by atoms with Crippen LogP contribution in [0.2, 0.25) is 0 Å². The van der Waals surface area contributed by atoms with Gasteiger partial charge in [0.05, 0.1) is 0 Å². The van der Waals surface area contributed by atoms with Gasteiger partial charge < -0.3 is 0 Å². The van der Waals surface area contributed by atoms with Crippen molar-refractivity contribution in [3.63, 3.8) is 0 Å². The normalized spacial score (nSPS) is 11.3. The number of benzene rings is 8. The van der Waals surface area contributed by atoms with Crippen molar-refractivity contribution < 1.29 is 0 Å². The van der Waals surface area contributed by atoms with Gasteiger partial charge in [-0.1, -0.05) is 194 Å². The molecule has 10 rings (SSSR count). The third-order valence-electron chi connectivity index (χ3n) is 10.2. The quantitative estimate of drug-likeness (QED) is 0.165. The first-order valence-corrected chi connectivity index (χ1v) is 19.3. The number of nitrogens with zero attached hydrogens (tertiary/aromatic N) is 3. The van der Waals surface area contributed by atoms with Crippen LogP contribution in [0.15, 0.2) is 200 Å². The fraction of sp³-hybridized carbons (Fsp3) is 0. The molecular weight excluding hydrogens is 687 g/mol. The Labute approximate surface area is 323 Å². The molecule has 258 valence electrons. The molecule has 0 saturated carbocycles. The molecule has 0 aliphatic carbocycles. The summed E-state index contributed by atoms with van der Waals surface area (Å²) in [7, 11) is 0. The van der Waals surface area contributed by atoms with E-state index in [4.69, 9.17) is 15.0 Å². The zero-order valence-electron chi connectivity index (χ0n) is 29.8. The van der Waals surface area contributed by atoms with E-state index in [1.807, 2.05) is 47.7 Å². The summed E-state index contributed by atoms with van der Waals surface area (Å²) in [4.78, 5) is 15.4. The molecule has 3 nitrogen and oxygen atoms in total. The van der Waals surface area contributed by atoms with Crippen molar-refractivity contribution in [1.29, 1.82) is 0 Å². The molecular formula is C51H33N3S. The Kier molecular flexibility index (Phi) is 8.36. The topological polar surface area (TPSA) is 38.7 Å². The molecule has 0 radical (unpaired) electrons. The molecule has 0 aliphatic rings. The van der Waals surface area contributed by atoms with Crippen LogP contribution >= 0.6 is 11.3 Å². The number of thiophene rings is 1. The first-order valence-electron chi connectivity index (χ1n) is 18.4. The van der Waals surface area contributed by atoms with Crippen molar-refractivity contribution in [3.05, 3.63) is 200 Å². The van der Waals surface area contributed by atoms with Crippen LogP contribution in [0.5, 0.6) is 0 Å². The molecule has 55 heavy (non-hydrogen) atoms. The number of fused-ring (bicyclic) bond motifs is 3. The summed E-state index contributed by atoms with van der Waals surface area (Å²) in [6, 6.07) is 70.4. The average molecular weight is 720 g/mol. The van der Waals surface area contributed by atoms with Crippen LogP contribution in [0, 0.1) is 0 Å². The van der Waals surface area contributed by atoms with E-state index in [0.29, 0.717) is 17.5 Å². The van der Waals surface area contributed by atoms with Gasteiger partial charge in [-0.3, -0.25) is 0 Å². The Hall–Kier alpha value is -7.01. The number of hydrogen-bond acceptors (Lipinski definition) is 4. The van der Waals surface area contributed by atoms with Gasteiger partial charge in [-0.2, -0.15) is 0 Å². The van der Waals surface area contributed by atoms with Crippen molar-refractivity contribution >= 4 is 31.5 Å². The van der Waals surface area contributed by atoms with Crippen molar-refractivity contribution in [2.45, 2.75) is 0 Å². The molecule has 0 amide bonds. The third kappa shape index (κ3) is 6.19. The number of rotatable bonds is 7. The van der Waals surface area contributed by atoms with Crippen LogP contribution in [-0.4, -0.2) is 15.0 Å². The molecule has 4 heteroatoms. The minimum atomic E-state index is 0.650. The first kappa shape index (κ1) is 32.6. The van der Waals surface area contributed by atoms with Crippen molar-refractivity contribution in [3.8, 4) is 78.7 Å². The molecule has 8 aromatic carbocycles. The standard InChI is InChI=1S/C51H33N3S/c1-5-14-34(15-6-1)36-24-28-38(29-25-36)42-22-13-23-44-46-45(51-53-49(40-18-9-3-10-19-40)52-50(54-51)41-20-11-4-12-21-41)33-32-43(48(46)55-47(42)44)39-30-26-37(27-31-39)35-16-7-2-8-17-35/h1-33H. The lowest BCUT2D eigenvalue weighted by atomic mass is 9.95. The van der Waals surface area contributed by atoms with E-state index in [2.05, 4.69) is 164 Å². The molecule has 0 saturated heterocycles. The summed E-state index contributed by atoms with van der Waals surface area (Å²) in [5, 5.41) is 2.34. The molecule has 0 fully saturated rings.